The molecule has 0 radical (unpaired) electrons. The lowest BCUT2D eigenvalue weighted by Crippen LogP contribution is -2.41. The minimum Gasteiger partial charge on any atom is -0.383 e. The molecule has 1 N–H and O–H groups in total. The zero-order valence-electron chi connectivity index (χ0n) is 11.2. The Kier molecular flexibility index (Phi) is 7.01. The number of methoxy groups -OCH3 is 1. The number of hydrogen-bond acceptors (Lipinski definition) is 3. The van der Waals surface area contributed by atoms with Gasteiger partial charge in [0.05, 0.1) is 6.61 Å². The van der Waals surface area contributed by atoms with Gasteiger partial charge in [-0.25, -0.2) is 0 Å². The number of rotatable bonds is 7. The number of hydrogen-bond donors (Lipinski definition) is 1. The van der Waals surface area contributed by atoms with Gasteiger partial charge in [-0.05, 0) is 37.8 Å². The van der Waals surface area contributed by atoms with Crippen molar-refractivity contribution < 1.29 is 4.74 Å². The molecule has 0 aromatic carbocycles. The van der Waals surface area contributed by atoms with Gasteiger partial charge in [-0.1, -0.05) is 13.8 Å². The number of nitrogens with one attached hydrogen (secondary N) is 1. The average molecular weight is 228 g/mol. The summed E-state index contributed by atoms with van der Waals surface area (Å²) in [5.41, 5.74) is 0. The van der Waals surface area contributed by atoms with Crippen LogP contribution in [0.4, 0.5) is 0 Å². The van der Waals surface area contributed by atoms with Crippen LogP contribution in [0.1, 0.15) is 26.7 Å². The maximum absolute atomic E-state index is 5.03. The molecule has 1 fully saturated rings. The molecule has 0 bridgehead atoms. The summed E-state index contributed by atoms with van der Waals surface area (Å²) >= 11 is 0. The standard InChI is InChI=1S/C13H28N2O/c1-12(2)10-15-7-4-5-13(11-15)9-14-6-8-16-3/h12-14H,4-11H2,1-3H3. The highest BCUT2D eigenvalue weighted by molar-refractivity contribution is 4.75. The minimum atomic E-state index is 0.792. The van der Waals surface area contributed by atoms with Crippen molar-refractivity contribution in [2.75, 3.05) is 46.4 Å². The zero-order valence-corrected chi connectivity index (χ0v) is 11.2. The Morgan fingerprint density at radius 2 is 2.25 bits per heavy atom. The van der Waals surface area contributed by atoms with Crippen molar-refractivity contribution in [2.24, 2.45) is 11.8 Å². The molecular formula is C13H28N2O. The first kappa shape index (κ1) is 13.9. The summed E-state index contributed by atoms with van der Waals surface area (Å²) in [6, 6.07) is 0. The number of ether oxygens (including phenoxy) is 1. The summed E-state index contributed by atoms with van der Waals surface area (Å²) in [7, 11) is 1.76. The van der Waals surface area contributed by atoms with E-state index in [-0.39, 0.29) is 0 Å². The van der Waals surface area contributed by atoms with E-state index in [1.807, 2.05) is 0 Å². The molecule has 96 valence electrons. The monoisotopic (exact) mass is 228 g/mol. The number of piperidine rings is 1. The van der Waals surface area contributed by atoms with Crippen LogP contribution in [0.5, 0.6) is 0 Å². The van der Waals surface area contributed by atoms with Gasteiger partial charge in [0.1, 0.15) is 0 Å². The van der Waals surface area contributed by atoms with Crippen LogP contribution >= 0.6 is 0 Å². The van der Waals surface area contributed by atoms with Crippen molar-refractivity contribution in [2.45, 2.75) is 26.7 Å². The molecule has 0 amide bonds. The predicted octanol–water partition coefficient (Wildman–Crippen LogP) is 1.59. The van der Waals surface area contributed by atoms with Gasteiger partial charge in [0.15, 0.2) is 0 Å². The molecule has 1 aliphatic heterocycles. The first-order valence-electron chi connectivity index (χ1n) is 6.64. The molecular weight excluding hydrogens is 200 g/mol. The molecule has 1 aliphatic rings. The van der Waals surface area contributed by atoms with Crippen molar-refractivity contribution in [1.29, 1.82) is 0 Å². The topological polar surface area (TPSA) is 24.5 Å². The lowest BCUT2D eigenvalue weighted by molar-refractivity contribution is 0.152. The van der Waals surface area contributed by atoms with Gasteiger partial charge in [0.25, 0.3) is 0 Å². The highest BCUT2D eigenvalue weighted by Gasteiger charge is 2.19. The van der Waals surface area contributed by atoms with Crippen LogP contribution < -0.4 is 5.32 Å². The highest BCUT2D eigenvalue weighted by atomic mass is 16.5. The first-order valence-corrected chi connectivity index (χ1v) is 6.64. The van der Waals surface area contributed by atoms with Gasteiger partial charge in [-0.2, -0.15) is 0 Å². The van der Waals surface area contributed by atoms with E-state index < -0.39 is 0 Å². The number of likely N-dealkylation sites (tertiary alicyclic amines) is 1. The zero-order chi connectivity index (χ0) is 11.8. The predicted molar refractivity (Wildman–Crippen MR) is 68.7 cm³/mol. The molecule has 0 aliphatic carbocycles. The molecule has 16 heavy (non-hydrogen) atoms. The van der Waals surface area contributed by atoms with Crippen LogP contribution in [0.15, 0.2) is 0 Å². The second-order valence-electron chi connectivity index (χ2n) is 5.36. The van der Waals surface area contributed by atoms with Crippen molar-refractivity contribution in [3.05, 3.63) is 0 Å². The Bertz CT molecular complexity index is 173. The van der Waals surface area contributed by atoms with Crippen molar-refractivity contribution in [3.63, 3.8) is 0 Å². The Balaban J connectivity index is 2.12. The normalized spacial score (nSPS) is 22.9. The van der Waals surface area contributed by atoms with Gasteiger partial charge in [0.2, 0.25) is 0 Å². The van der Waals surface area contributed by atoms with Crippen LogP contribution in [0.2, 0.25) is 0 Å². The molecule has 1 saturated heterocycles. The third-order valence-corrected chi connectivity index (χ3v) is 3.14. The second-order valence-corrected chi connectivity index (χ2v) is 5.36. The average Bonchev–Trinajstić information content (AvgIpc) is 2.24. The highest BCUT2D eigenvalue weighted by Crippen LogP contribution is 2.16. The van der Waals surface area contributed by atoms with Crippen LogP contribution in [0.3, 0.4) is 0 Å². The maximum atomic E-state index is 5.03. The number of nitrogens with zero attached hydrogens (tertiary/aromatic N) is 1. The molecule has 0 aromatic rings. The van der Waals surface area contributed by atoms with E-state index in [4.69, 9.17) is 4.74 Å². The Morgan fingerprint density at radius 3 is 2.94 bits per heavy atom. The van der Waals surface area contributed by atoms with Gasteiger partial charge in [-0.3, -0.25) is 0 Å². The minimum absolute atomic E-state index is 0.792. The Morgan fingerprint density at radius 1 is 1.44 bits per heavy atom. The molecule has 3 heteroatoms. The fourth-order valence-electron chi connectivity index (χ4n) is 2.48. The molecule has 0 aromatic heterocycles. The van der Waals surface area contributed by atoms with Crippen LogP contribution in [0.25, 0.3) is 0 Å². The first-order chi connectivity index (χ1) is 7.72. The van der Waals surface area contributed by atoms with E-state index in [2.05, 4.69) is 24.1 Å². The van der Waals surface area contributed by atoms with Crippen LogP contribution in [-0.4, -0.2) is 51.3 Å². The molecule has 0 saturated carbocycles. The molecule has 1 heterocycles. The molecule has 1 unspecified atom stereocenters. The van der Waals surface area contributed by atoms with E-state index in [0.717, 1.165) is 31.5 Å². The molecule has 0 spiro atoms. The van der Waals surface area contributed by atoms with E-state index in [0.29, 0.717) is 0 Å². The maximum Gasteiger partial charge on any atom is 0.0587 e. The van der Waals surface area contributed by atoms with E-state index >= 15 is 0 Å². The van der Waals surface area contributed by atoms with Gasteiger partial charge >= 0.3 is 0 Å². The Labute approximate surface area is 101 Å². The molecule has 3 nitrogen and oxygen atoms in total. The fourth-order valence-corrected chi connectivity index (χ4v) is 2.48. The van der Waals surface area contributed by atoms with Gasteiger partial charge in [0, 0.05) is 26.7 Å². The van der Waals surface area contributed by atoms with Gasteiger partial charge in [-0.15, -0.1) is 0 Å². The second kappa shape index (κ2) is 8.04. The third-order valence-electron chi connectivity index (χ3n) is 3.14. The summed E-state index contributed by atoms with van der Waals surface area (Å²) in [6.07, 6.45) is 2.75. The fraction of sp³-hybridized carbons (Fsp3) is 1.00. The summed E-state index contributed by atoms with van der Waals surface area (Å²) < 4.78 is 5.03. The smallest absolute Gasteiger partial charge is 0.0587 e. The van der Waals surface area contributed by atoms with Crippen molar-refractivity contribution in [3.8, 4) is 0 Å². The third kappa shape index (κ3) is 5.83. The lowest BCUT2D eigenvalue weighted by atomic mass is 9.97. The van der Waals surface area contributed by atoms with E-state index in [1.54, 1.807) is 7.11 Å². The summed E-state index contributed by atoms with van der Waals surface area (Å²) in [6.45, 7) is 11.4. The van der Waals surface area contributed by atoms with Crippen molar-refractivity contribution in [1.82, 2.24) is 10.2 Å². The summed E-state index contributed by atoms with van der Waals surface area (Å²) in [5.74, 6) is 1.63. The van der Waals surface area contributed by atoms with Crippen LogP contribution in [0, 0.1) is 11.8 Å². The molecule has 1 atom stereocenters. The largest absolute Gasteiger partial charge is 0.383 e. The van der Waals surface area contributed by atoms with Crippen molar-refractivity contribution >= 4 is 0 Å². The van der Waals surface area contributed by atoms with Crippen LogP contribution in [-0.2, 0) is 4.74 Å². The lowest BCUT2D eigenvalue weighted by Gasteiger charge is -2.33. The van der Waals surface area contributed by atoms with E-state index in [1.165, 1.54) is 32.5 Å². The quantitative estimate of drug-likeness (QED) is 0.670. The van der Waals surface area contributed by atoms with Gasteiger partial charge < -0.3 is 15.0 Å². The SMILES string of the molecule is COCCNCC1CCCN(CC(C)C)C1. The summed E-state index contributed by atoms with van der Waals surface area (Å²) in [5, 5.41) is 3.48. The Hall–Kier alpha value is -0.120. The van der Waals surface area contributed by atoms with E-state index in [9.17, 15) is 0 Å². The molecule has 1 rings (SSSR count). The summed E-state index contributed by atoms with van der Waals surface area (Å²) in [4.78, 5) is 2.62.